The lowest BCUT2D eigenvalue weighted by Crippen LogP contribution is -2.60. The molecule has 0 amide bonds. The number of esters is 1. The van der Waals surface area contributed by atoms with E-state index in [0.717, 1.165) is 24.8 Å². The Bertz CT molecular complexity index is 926. The fraction of sp³-hybridized carbons (Fsp3) is 0.833. The minimum absolute atomic E-state index is 0.0585. The zero-order chi connectivity index (χ0) is 25.5. The number of ether oxygens (including phenoxy) is 1. The van der Waals surface area contributed by atoms with Crippen molar-refractivity contribution >= 4 is 11.8 Å². The zero-order valence-electron chi connectivity index (χ0n) is 19.3. The van der Waals surface area contributed by atoms with Gasteiger partial charge < -0.3 is 4.74 Å². The van der Waals surface area contributed by atoms with Crippen LogP contribution in [0.2, 0.25) is 0 Å². The number of rotatable bonds is 3. The summed E-state index contributed by atoms with van der Waals surface area (Å²) in [6.45, 7) is 5.30. The highest BCUT2D eigenvalue weighted by molar-refractivity contribution is 5.91. The number of fused-ring (bicyclic) bond motifs is 5. The molecule has 0 aromatic carbocycles. The fourth-order valence-corrected chi connectivity index (χ4v) is 7.53. The molecule has 34 heavy (non-hydrogen) atoms. The maximum Gasteiger partial charge on any atom is 0.460 e. The normalized spacial score (nSPS) is 40.7. The summed E-state index contributed by atoms with van der Waals surface area (Å²) >= 11 is 0. The van der Waals surface area contributed by atoms with Gasteiger partial charge in [-0.2, -0.15) is 30.7 Å². The third-order valence-electron chi connectivity index (χ3n) is 9.82. The van der Waals surface area contributed by atoms with Crippen LogP contribution >= 0.6 is 0 Å². The molecule has 0 radical (unpaired) electrons. The van der Waals surface area contributed by atoms with Crippen molar-refractivity contribution in [1.82, 2.24) is 0 Å². The van der Waals surface area contributed by atoms with Gasteiger partial charge in [-0.15, -0.1) is 0 Å². The van der Waals surface area contributed by atoms with Gasteiger partial charge >= 0.3 is 24.0 Å². The first kappa shape index (κ1) is 25.5. The highest BCUT2D eigenvalue weighted by atomic mass is 19.4. The Morgan fingerprint density at radius 3 is 2.15 bits per heavy atom. The number of ketones is 1. The first-order chi connectivity index (χ1) is 15.4. The van der Waals surface area contributed by atoms with E-state index in [2.05, 4.69) is 6.92 Å². The molecule has 10 heteroatoms. The van der Waals surface area contributed by atoms with Crippen molar-refractivity contribution in [2.24, 2.45) is 28.6 Å². The van der Waals surface area contributed by atoms with E-state index in [1.165, 1.54) is 6.92 Å². The van der Waals surface area contributed by atoms with Crippen LogP contribution in [-0.2, 0) is 14.3 Å². The van der Waals surface area contributed by atoms with Gasteiger partial charge in [0.05, 0.1) is 0 Å². The number of carbonyl (C=O) groups excluding carboxylic acids is 2. The van der Waals surface area contributed by atoms with Crippen molar-refractivity contribution in [2.45, 2.75) is 95.8 Å². The summed E-state index contributed by atoms with van der Waals surface area (Å²) in [5, 5.41) is 0. The maximum atomic E-state index is 14.0. The van der Waals surface area contributed by atoms with Crippen molar-refractivity contribution in [1.29, 1.82) is 0 Å². The molecular formula is C24H29F7O3. The Morgan fingerprint density at radius 1 is 0.912 bits per heavy atom. The van der Waals surface area contributed by atoms with E-state index in [1.807, 2.05) is 0 Å². The first-order valence-electron chi connectivity index (χ1n) is 11.7. The van der Waals surface area contributed by atoms with Crippen molar-refractivity contribution in [2.75, 3.05) is 0 Å². The molecule has 3 fully saturated rings. The van der Waals surface area contributed by atoms with Crippen LogP contribution in [0.4, 0.5) is 30.7 Å². The summed E-state index contributed by atoms with van der Waals surface area (Å²) in [6, 6.07) is 0. The van der Waals surface area contributed by atoms with E-state index in [-0.39, 0.29) is 35.4 Å². The number of hydrogen-bond acceptors (Lipinski definition) is 3. The minimum atomic E-state index is -6.60. The second-order valence-electron chi connectivity index (χ2n) is 11.2. The summed E-state index contributed by atoms with van der Waals surface area (Å²) in [6.07, 6.45) is -0.434. The molecule has 0 bridgehead atoms. The van der Waals surface area contributed by atoms with Crippen molar-refractivity contribution < 1.29 is 45.1 Å². The van der Waals surface area contributed by atoms with Crippen LogP contribution in [0.25, 0.3) is 0 Å². The van der Waals surface area contributed by atoms with Crippen LogP contribution in [0.5, 0.6) is 0 Å². The largest absolute Gasteiger partial charge is 0.460 e. The molecule has 0 spiro atoms. The summed E-state index contributed by atoms with van der Waals surface area (Å²) in [4.78, 5) is 24.0. The average molecular weight is 498 g/mol. The molecule has 0 aromatic rings. The molecule has 0 aliphatic heterocycles. The molecule has 0 aromatic heterocycles. The highest BCUT2D eigenvalue weighted by Gasteiger charge is 2.78. The molecule has 4 rings (SSSR count). The average Bonchev–Trinajstić information content (AvgIpc) is 2.98. The van der Waals surface area contributed by atoms with E-state index in [0.29, 0.717) is 25.7 Å². The lowest BCUT2D eigenvalue weighted by Gasteiger charge is -2.59. The van der Waals surface area contributed by atoms with Crippen LogP contribution < -0.4 is 0 Å². The number of halogens is 7. The van der Waals surface area contributed by atoms with Gasteiger partial charge in [0.2, 0.25) is 0 Å². The van der Waals surface area contributed by atoms with Crippen molar-refractivity contribution in [3.63, 3.8) is 0 Å². The Hall–Kier alpha value is -1.61. The van der Waals surface area contributed by atoms with Crippen molar-refractivity contribution in [3.05, 3.63) is 11.6 Å². The summed E-state index contributed by atoms with van der Waals surface area (Å²) in [5.74, 6) is -15.0. The van der Waals surface area contributed by atoms with E-state index in [1.54, 1.807) is 13.0 Å². The quantitative estimate of drug-likeness (QED) is 0.323. The van der Waals surface area contributed by atoms with Gasteiger partial charge in [0, 0.05) is 11.8 Å². The molecule has 0 heterocycles. The topological polar surface area (TPSA) is 43.4 Å². The highest BCUT2D eigenvalue weighted by Crippen LogP contribution is 2.68. The molecule has 3 unspecified atom stereocenters. The molecule has 4 aliphatic rings. The van der Waals surface area contributed by atoms with Gasteiger partial charge in [-0.25, -0.2) is 4.79 Å². The van der Waals surface area contributed by atoms with Crippen LogP contribution in [-0.4, -0.2) is 35.4 Å². The molecular weight excluding hydrogens is 469 g/mol. The van der Waals surface area contributed by atoms with Crippen LogP contribution in [0, 0.1) is 28.6 Å². The Balaban J connectivity index is 1.59. The monoisotopic (exact) mass is 498 g/mol. The molecule has 0 N–H and O–H groups in total. The van der Waals surface area contributed by atoms with E-state index < -0.39 is 35.0 Å². The van der Waals surface area contributed by atoms with E-state index >= 15 is 0 Å². The van der Waals surface area contributed by atoms with Crippen molar-refractivity contribution in [3.8, 4) is 0 Å². The second-order valence-corrected chi connectivity index (χ2v) is 11.2. The molecule has 4 aliphatic carbocycles. The van der Waals surface area contributed by atoms with E-state index in [4.69, 9.17) is 4.74 Å². The minimum Gasteiger partial charge on any atom is -0.454 e. The smallest absolute Gasteiger partial charge is 0.454 e. The SMILES string of the molecule is C[C@]12CCC(=O)C=C1CCC1C2CC[C@@]2(C)C1CC[C@@]2(C)OC(=O)C(F)(F)C(F)(F)C(F)(F)F. The Kier molecular flexibility index (Phi) is 5.58. The Labute approximate surface area is 193 Å². The molecule has 6 atom stereocenters. The first-order valence-corrected chi connectivity index (χ1v) is 11.7. The lowest BCUT2D eigenvalue weighted by atomic mass is 9.46. The van der Waals surface area contributed by atoms with Crippen LogP contribution in [0.1, 0.15) is 72.1 Å². The number of hydrogen-bond donors (Lipinski definition) is 0. The Morgan fingerprint density at radius 2 is 1.53 bits per heavy atom. The predicted octanol–water partition coefficient (Wildman–Crippen LogP) is 6.65. The summed E-state index contributed by atoms with van der Waals surface area (Å²) in [5.41, 5.74) is -1.45. The van der Waals surface area contributed by atoms with Gasteiger partial charge in [0.25, 0.3) is 0 Å². The molecule has 0 saturated heterocycles. The molecule has 3 nitrogen and oxygen atoms in total. The molecule has 192 valence electrons. The lowest BCUT2D eigenvalue weighted by molar-refractivity contribution is -0.351. The second kappa shape index (κ2) is 7.45. The summed E-state index contributed by atoms with van der Waals surface area (Å²) in [7, 11) is 0. The van der Waals surface area contributed by atoms with Gasteiger partial charge in [0.15, 0.2) is 5.78 Å². The molecule has 3 saturated carbocycles. The standard InChI is InChI=1S/C24H29F7O3/c1-19-9-6-14(32)12-13(19)4-5-15-16(19)7-10-20(2)17(15)8-11-21(20,3)34-18(33)22(25,26)23(27,28)24(29,30)31/h12,15-17H,4-11H2,1-3H3/t15?,16?,17?,19-,20-,21+/m0/s1. The number of allylic oxidation sites excluding steroid dienone is 1. The zero-order valence-corrected chi connectivity index (χ0v) is 19.3. The van der Waals surface area contributed by atoms with Gasteiger partial charge in [-0.1, -0.05) is 19.4 Å². The fourth-order valence-electron chi connectivity index (χ4n) is 7.53. The third kappa shape index (κ3) is 3.29. The van der Waals surface area contributed by atoms with E-state index in [9.17, 15) is 40.3 Å². The maximum absolute atomic E-state index is 14.0. The summed E-state index contributed by atoms with van der Waals surface area (Å²) < 4.78 is 97.5. The number of carbonyl (C=O) groups is 2. The predicted molar refractivity (Wildman–Crippen MR) is 107 cm³/mol. The van der Waals surface area contributed by atoms with Gasteiger partial charge in [-0.3, -0.25) is 4.79 Å². The van der Waals surface area contributed by atoms with Gasteiger partial charge in [0.1, 0.15) is 5.60 Å². The third-order valence-corrected chi connectivity index (χ3v) is 9.82. The number of alkyl halides is 7. The van der Waals surface area contributed by atoms with Crippen LogP contribution in [0.15, 0.2) is 11.6 Å². The van der Waals surface area contributed by atoms with Crippen LogP contribution in [0.3, 0.4) is 0 Å². The van der Waals surface area contributed by atoms with Gasteiger partial charge in [-0.05, 0) is 81.1 Å².